The van der Waals surface area contributed by atoms with Crippen LogP contribution in [0.15, 0.2) is 42.6 Å². The molecule has 4 rings (SSSR count). The van der Waals surface area contributed by atoms with Crippen LogP contribution in [-0.2, 0) is 14.2 Å². The van der Waals surface area contributed by atoms with Gasteiger partial charge in [0.2, 0.25) is 0 Å². The maximum absolute atomic E-state index is 13.0. The number of aromatic nitrogens is 1. The summed E-state index contributed by atoms with van der Waals surface area (Å²) in [5.74, 6) is 0.221. The monoisotopic (exact) mass is 555 g/mol. The minimum Gasteiger partial charge on any atom is -0.495 e. The molecule has 2 aromatic carbocycles. The van der Waals surface area contributed by atoms with Crippen LogP contribution in [0.5, 0.6) is 5.75 Å². The molecule has 216 valence electrons. The van der Waals surface area contributed by atoms with E-state index in [-0.39, 0.29) is 18.8 Å². The number of carbonyl (C=O) groups is 2. The van der Waals surface area contributed by atoms with Gasteiger partial charge in [-0.2, -0.15) is 0 Å². The molecule has 2 heterocycles. The average Bonchev–Trinajstić information content (AvgIpc) is 3.39. The van der Waals surface area contributed by atoms with Gasteiger partial charge in [0.15, 0.2) is 0 Å². The van der Waals surface area contributed by atoms with Crippen molar-refractivity contribution >= 4 is 28.7 Å². The molecule has 1 saturated heterocycles. The summed E-state index contributed by atoms with van der Waals surface area (Å²) in [7, 11) is 2.96. The van der Waals surface area contributed by atoms with E-state index in [4.69, 9.17) is 18.9 Å². The second-order valence-electron chi connectivity index (χ2n) is 10.8. The van der Waals surface area contributed by atoms with E-state index in [1.54, 1.807) is 25.4 Å². The quantitative estimate of drug-likeness (QED) is 0.336. The van der Waals surface area contributed by atoms with Crippen LogP contribution in [-0.4, -0.2) is 67.4 Å². The SMILES string of the molecule is COC(=O)c1ccc([C@@H]2C[C@H](OCCF)CCN2Nc2c(OC)cc(C)c3c2ccn3C(=O)OC(C)(C)C)cc1. The molecule has 0 spiro atoms. The van der Waals surface area contributed by atoms with Crippen molar-refractivity contribution in [2.24, 2.45) is 0 Å². The highest BCUT2D eigenvalue weighted by Crippen LogP contribution is 2.40. The first-order valence-electron chi connectivity index (χ1n) is 13.4. The molecule has 1 aliphatic heterocycles. The molecule has 1 fully saturated rings. The average molecular weight is 556 g/mol. The van der Waals surface area contributed by atoms with E-state index in [1.807, 2.05) is 52.0 Å². The molecule has 0 bridgehead atoms. The first-order valence-corrected chi connectivity index (χ1v) is 13.4. The van der Waals surface area contributed by atoms with Crippen LogP contribution in [0, 0.1) is 6.92 Å². The molecule has 0 unspecified atom stereocenters. The molecular weight excluding hydrogens is 517 g/mol. The van der Waals surface area contributed by atoms with Crippen molar-refractivity contribution in [2.45, 2.75) is 58.3 Å². The molecule has 2 atom stereocenters. The van der Waals surface area contributed by atoms with Crippen molar-refractivity contribution in [3.05, 3.63) is 59.3 Å². The number of anilines is 1. The van der Waals surface area contributed by atoms with Crippen molar-refractivity contribution in [1.82, 2.24) is 9.58 Å². The van der Waals surface area contributed by atoms with E-state index in [9.17, 15) is 14.0 Å². The predicted octanol–water partition coefficient (Wildman–Crippen LogP) is 6.05. The molecule has 1 aromatic heterocycles. The fourth-order valence-corrected chi connectivity index (χ4v) is 5.09. The van der Waals surface area contributed by atoms with Crippen LogP contribution in [0.2, 0.25) is 0 Å². The molecular formula is C30H38FN3O6. The van der Waals surface area contributed by atoms with E-state index in [2.05, 4.69) is 10.4 Å². The first-order chi connectivity index (χ1) is 19.1. The predicted molar refractivity (Wildman–Crippen MR) is 151 cm³/mol. The van der Waals surface area contributed by atoms with Gasteiger partial charge in [-0.1, -0.05) is 12.1 Å². The van der Waals surface area contributed by atoms with Crippen LogP contribution >= 0.6 is 0 Å². The molecule has 0 saturated carbocycles. The Balaban J connectivity index is 1.71. The van der Waals surface area contributed by atoms with Crippen molar-refractivity contribution in [1.29, 1.82) is 0 Å². The number of methoxy groups -OCH3 is 2. The van der Waals surface area contributed by atoms with Gasteiger partial charge < -0.3 is 24.4 Å². The number of rotatable bonds is 8. The Kier molecular flexibility index (Phi) is 9.00. The van der Waals surface area contributed by atoms with Crippen LogP contribution in [0.25, 0.3) is 10.9 Å². The van der Waals surface area contributed by atoms with E-state index in [0.717, 1.165) is 22.0 Å². The summed E-state index contributed by atoms with van der Waals surface area (Å²) in [6.45, 7) is 7.54. The maximum Gasteiger partial charge on any atom is 0.419 e. The lowest BCUT2D eigenvalue weighted by molar-refractivity contribution is -0.0139. The van der Waals surface area contributed by atoms with E-state index in [0.29, 0.717) is 36.4 Å². The fraction of sp³-hybridized carbons (Fsp3) is 0.467. The molecule has 9 nitrogen and oxygen atoms in total. The van der Waals surface area contributed by atoms with Gasteiger partial charge in [-0.3, -0.25) is 4.57 Å². The number of fused-ring (bicyclic) bond motifs is 1. The Morgan fingerprint density at radius 1 is 1.12 bits per heavy atom. The number of halogens is 1. The summed E-state index contributed by atoms with van der Waals surface area (Å²) in [5, 5.41) is 2.90. The third-order valence-corrected chi connectivity index (χ3v) is 6.89. The summed E-state index contributed by atoms with van der Waals surface area (Å²) in [5.41, 5.74) is 6.64. The van der Waals surface area contributed by atoms with Crippen LogP contribution in [0.1, 0.15) is 61.1 Å². The summed E-state index contributed by atoms with van der Waals surface area (Å²) in [4.78, 5) is 25.0. The second-order valence-corrected chi connectivity index (χ2v) is 10.8. The highest BCUT2D eigenvalue weighted by atomic mass is 19.1. The molecule has 10 heteroatoms. The lowest BCUT2D eigenvalue weighted by atomic mass is 9.94. The minimum absolute atomic E-state index is 0.0523. The van der Waals surface area contributed by atoms with Crippen molar-refractivity contribution in [3.8, 4) is 5.75 Å². The fourth-order valence-electron chi connectivity index (χ4n) is 5.09. The van der Waals surface area contributed by atoms with Crippen LogP contribution < -0.4 is 10.2 Å². The Bertz CT molecular complexity index is 1350. The molecule has 1 aliphatic rings. The summed E-state index contributed by atoms with van der Waals surface area (Å²) < 4.78 is 36.4. The van der Waals surface area contributed by atoms with Gasteiger partial charge in [-0.25, -0.2) is 19.0 Å². The zero-order chi connectivity index (χ0) is 29.0. The lowest BCUT2D eigenvalue weighted by Crippen LogP contribution is -2.43. The van der Waals surface area contributed by atoms with Crippen molar-refractivity contribution < 1.29 is 32.9 Å². The van der Waals surface area contributed by atoms with E-state index < -0.39 is 24.3 Å². The van der Waals surface area contributed by atoms with Crippen LogP contribution in [0.4, 0.5) is 14.9 Å². The molecule has 0 aliphatic carbocycles. The van der Waals surface area contributed by atoms with Gasteiger partial charge in [-0.05, 0) is 75.9 Å². The third-order valence-electron chi connectivity index (χ3n) is 6.89. The molecule has 3 aromatic rings. The van der Waals surface area contributed by atoms with Gasteiger partial charge in [0, 0.05) is 18.1 Å². The number of nitrogens with zero attached hydrogens (tertiary/aromatic N) is 2. The highest BCUT2D eigenvalue weighted by molar-refractivity contribution is 6.01. The molecule has 0 radical (unpaired) electrons. The van der Waals surface area contributed by atoms with Gasteiger partial charge in [0.25, 0.3) is 0 Å². The highest BCUT2D eigenvalue weighted by Gasteiger charge is 2.32. The topological polar surface area (TPSA) is 91.3 Å². The van der Waals surface area contributed by atoms with Gasteiger partial charge in [0.05, 0.1) is 44.1 Å². The summed E-state index contributed by atoms with van der Waals surface area (Å²) in [6.07, 6.45) is 2.43. The number of hydrogen-bond acceptors (Lipinski definition) is 8. The Morgan fingerprint density at radius 3 is 2.48 bits per heavy atom. The zero-order valence-corrected chi connectivity index (χ0v) is 24.0. The van der Waals surface area contributed by atoms with Gasteiger partial charge in [-0.15, -0.1) is 0 Å². The van der Waals surface area contributed by atoms with Gasteiger partial charge in [0.1, 0.15) is 23.7 Å². The number of carbonyl (C=O) groups excluding carboxylic acids is 2. The zero-order valence-electron chi connectivity index (χ0n) is 24.0. The second kappa shape index (κ2) is 12.3. The van der Waals surface area contributed by atoms with E-state index >= 15 is 0 Å². The number of piperidine rings is 1. The number of ether oxygens (including phenoxy) is 4. The number of nitrogens with one attached hydrogen (secondary N) is 1. The number of aryl methyl sites for hydroxylation is 1. The third kappa shape index (κ3) is 6.39. The molecule has 0 amide bonds. The molecule has 40 heavy (non-hydrogen) atoms. The van der Waals surface area contributed by atoms with Gasteiger partial charge >= 0.3 is 12.1 Å². The van der Waals surface area contributed by atoms with E-state index in [1.165, 1.54) is 11.7 Å². The summed E-state index contributed by atoms with van der Waals surface area (Å²) in [6, 6.07) is 10.9. The maximum atomic E-state index is 13.0. The molecule has 1 N–H and O–H groups in total. The normalized spacial score (nSPS) is 18.0. The summed E-state index contributed by atoms with van der Waals surface area (Å²) >= 11 is 0. The van der Waals surface area contributed by atoms with Crippen LogP contribution in [0.3, 0.4) is 0 Å². The number of hydrogen-bond donors (Lipinski definition) is 1. The number of alkyl halides is 1. The first kappa shape index (κ1) is 29.4. The number of hydrazine groups is 1. The number of benzene rings is 2. The number of esters is 1. The standard InChI is InChI=1S/C30H38FN3O6/c1-19-17-25(37-5)26(23-12-14-33(27(19)23)29(36)40-30(2,3)4)32-34-15-11-22(39-16-13-31)18-24(34)20-7-9-21(10-8-20)28(35)38-6/h7-10,12,14,17,22,24,32H,11,13,15-16,18H2,1-6H3/t22-,24+/m1/s1. The van der Waals surface area contributed by atoms with Crippen molar-refractivity contribution in [3.63, 3.8) is 0 Å². The largest absolute Gasteiger partial charge is 0.495 e. The minimum atomic E-state index is -0.639. The Hall–Kier alpha value is -3.63. The smallest absolute Gasteiger partial charge is 0.419 e. The lowest BCUT2D eigenvalue weighted by Gasteiger charge is -2.40. The Morgan fingerprint density at radius 2 is 1.85 bits per heavy atom. The van der Waals surface area contributed by atoms with Crippen molar-refractivity contribution in [2.75, 3.05) is 39.5 Å². The Labute approximate surface area is 234 Å².